The quantitative estimate of drug-likeness (QED) is 0.664. The van der Waals surface area contributed by atoms with E-state index in [9.17, 15) is 4.79 Å². The Morgan fingerprint density at radius 1 is 1.28 bits per heavy atom. The fourth-order valence-corrected chi connectivity index (χ4v) is 2.81. The number of ether oxygens (including phenoxy) is 1. The molecule has 0 N–H and O–H groups in total. The highest BCUT2D eigenvalue weighted by atomic mass is 16.5. The Hall–Kier alpha value is -2.89. The zero-order valence-electron chi connectivity index (χ0n) is 14.2. The number of hydrogen-bond donors (Lipinski definition) is 0. The van der Waals surface area contributed by atoms with E-state index in [2.05, 4.69) is 10.3 Å². The first-order valence-corrected chi connectivity index (χ1v) is 8.37. The molecule has 6 heteroatoms. The Bertz CT molecular complexity index is 888. The largest absolute Gasteiger partial charge is 0.456 e. The molecule has 2 heterocycles. The Kier molecular flexibility index (Phi) is 3.87. The lowest BCUT2D eigenvalue weighted by molar-refractivity contribution is 0.0460. The summed E-state index contributed by atoms with van der Waals surface area (Å²) in [6.45, 7) is 3.78. The summed E-state index contributed by atoms with van der Waals surface area (Å²) in [5.74, 6) is 0.725. The number of aromatic nitrogens is 3. The van der Waals surface area contributed by atoms with Gasteiger partial charge in [0.2, 0.25) is 0 Å². The molecule has 0 radical (unpaired) electrons. The second-order valence-corrected chi connectivity index (χ2v) is 6.35. The van der Waals surface area contributed by atoms with E-state index in [1.54, 1.807) is 4.68 Å². The molecular formula is C19H19N3O3. The molecule has 1 saturated carbocycles. The van der Waals surface area contributed by atoms with Crippen molar-refractivity contribution in [3.05, 3.63) is 64.8 Å². The number of esters is 1. The Labute approximate surface area is 145 Å². The molecule has 3 aromatic rings. The zero-order chi connectivity index (χ0) is 17.4. The van der Waals surface area contributed by atoms with Gasteiger partial charge in [-0.15, -0.1) is 0 Å². The van der Waals surface area contributed by atoms with E-state index in [0.717, 1.165) is 35.5 Å². The number of carbonyl (C=O) groups is 1. The normalized spacial score (nSPS) is 13.8. The zero-order valence-corrected chi connectivity index (χ0v) is 14.2. The first kappa shape index (κ1) is 15.6. The maximum atomic E-state index is 12.7. The van der Waals surface area contributed by atoms with Gasteiger partial charge < -0.3 is 9.26 Å². The van der Waals surface area contributed by atoms with Crippen molar-refractivity contribution in [3.63, 3.8) is 0 Å². The van der Waals surface area contributed by atoms with Gasteiger partial charge in [0.25, 0.3) is 0 Å². The van der Waals surface area contributed by atoms with Crippen LogP contribution in [0.25, 0.3) is 5.69 Å². The molecule has 0 aliphatic heterocycles. The lowest BCUT2D eigenvalue weighted by Gasteiger charge is -2.07. The van der Waals surface area contributed by atoms with Gasteiger partial charge in [0.15, 0.2) is 5.69 Å². The summed E-state index contributed by atoms with van der Waals surface area (Å²) in [4.78, 5) is 12.7. The molecule has 4 rings (SSSR count). The van der Waals surface area contributed by atoms with E-state index < -0.39 is 5.97 Å². The Morgan fingerprint density at radius 2 is 2.04 bits per heavy atom. The Morgan fingerprint density at radius 3 is 2.68 bits per heavy atom. The van der Waals surface area contributed by atoms with Crippen LogP contribution >= 0.6 is 0 Å². The van der Waals surface area contributed by atoms with Crippen LogP contribution in [-0.4, -0.2) is 20.9 Å². The summed E-state index contributed by atoms with van der Waals surface area (Å²) in [7, 11) is 0. The maximum Gasteiger partial charge on any atom is 0.357 e. The second-order valence-electron chi connectivity index (χ2n) is 6.35. The van der Waals surface area contributed by atoms with Gasteiger partial charge in [-0.05, 0) is 44.9 Å². The first-order chi connectivity index (χ1) is 12.1. The highest BCUT2D eigenvalue weighted by Crippen LogP contribution is 2.39. The molecule has 1 aliphatic carbocycles. The van der Waals surface area contributed by atoms with Gasteiger partial charge in [-0.2, -0.15) is 5.10 Å². The van der Waals surface area contributed by atoms with Crippen LogP contribution in [0.3, 0.4) is 0 Å². The molecule has 0 saturated heterocycles. The molecule has 1 fully saturated rings. The van der Waals surface area contributed by atoms with Gasteiger partial charge in [0.05, 0.1) is 22.6 Å². The van der Waals surface area contributed by atoms with Crippen molar-refractivity contribution in [2.45, 2.75) is 39.2 Å². The van der Waals surface area contributed by atoms with Gasteiger partial charge in [0, 0.05) is 5.92 Å². The molecule has 0 spiro atoms. The lowest BCUT2D eigenvalue weighted by atomic mass is 10.2. The van der Waals surface area contributed by atoms with Crippen molar-refractivity contribution in [2.75, 3.05) is 0 Å². The highest BCUT2D eigenvalue weighted by Gasteiger charge is 2.29. The number of carbonyl (C=O) groups excluding carboxylic acids is 1. The van der Waals surface area contributed by atoms with Crippen LogP contribution in [0.15, 0.2) is 40.9 Å². The van der Waals surface area contributed by atoms with E-state index in [0.29, 0.717) is 17.4 Å². The number of aryl methyl sites for hydroxylation is 2. The van der Waals surface area contributed by atoms with Gasteiger partial charge in [-0.3, -0.25) is 0 Å². The van der Waals surface area contributed by atoms with Crippen molar-refractivity contribution in [1.82, 2.24) is 14.9 Å². The summed E-state index contributed by atoms with van der Waals surface area (Å²) in [5.41, 5.74) is 3.79. The standard InChI is InChI=1S/C19H19N3O3/c1-12-16(13(2)25-21-12)11-24-19(23)18-10-17(14-8-9-14)20-22(18)15-6-4-3-5-7-15/h3-7,10,14H,8-9,11H2,1-2H3. The molecule has 6 nitrogen and oxygen atoms in total. The summed E-state index contributed by atoms with van der Waals surface area (Å²) < 4.78 is 12.3. The first-order valence-electron chi connectivity index (χ1n) is 8.37. The molecule has 0 atom stereocenters. The van der Waals surface area contributed by atoms with Gasteiger partial charge >= 0.3 is 5.97 Å². The number of nitrogens with zero attached hydrogens (tertiary/aromatic N) is 3. The number of para-hydroxylation sites is 1. The molecule has 0 bridgehead atoms. The van der Waals surface area contributed by atoms with Crippen LogP contribution < -0.4 is 0 Å². The van der Waals surface area contributed by atoms with Crippen LogP contribution in [0.4, 0.5) is 0 Å². The van der Waals surface area contributed by atoms with Crippen molar-refractivity contribution in [2.24, 2.45) is 0 Å². The van der Waals surface area contributed by atoms with Crippen molar-refractivity contribution in [1.29, 1.82) is 0 Å². The lowest BCUT2D eigenvalue weighted by Crippen LogP contribution is -2.12. The van der Waals surface area contributed by atoms with Gasteiger partial charge in [0.1, 0.15) is 12.4 Å². The smallest absolute Gasteiger partial charge is 0.357 e. The van der Waals surface area contributed by atoms with Crippen LogP contribution in [0.2, 0.25) is 0 Å². The van der Waals surface area contributed by atoms with Crippen molar-refractivity contribution < 1.29 is 14.1 Å². The minimum atomic E-state index is -0.400. The fraction of sp³-hybridized carbons (Fsp3) is 0.316. The third-order valence-electron chi connectivity index (χ3n) is 4.46. The topological polar surface area (TPSA) is 70.2 Å². The fourth-order valence-electron chi connectivity index (χ4n) is 2.81. The minimum absolute atomic E-state index is 0.138. The predicted molar refractivity (Wildman–Crippen MR) is 90.6 cm³/mol. The van der Waals surface area contributed by atoms with Crippen LogP contribution in [0.1, 0.15) is 52.0 Å². The maximum absolute atomic E-state index is 12.7. The molecule has 128 valence electrons. The number of benzene rings is 1. The van der Waals surface area contributed by atoms with E-state index >= 15 is 0 Å². The summed E-state index contributed by atoms with van der Waals surface area (Å²) in [5, 5.41) is 8.51. The molecule has 2 aromatic heterocycles. The summed E-state index contributed by atoms with van der Waals surface area (Å²) in [6, 6.07) is 11.5. The molecule has 0 unspecified atom stereocenters. The minimum Gasteiger partial charge on any atom is -0.456 e. The predicted octanol–water partition coefficient (Wildman–Crippen LogP) is 3.71. The summed E-state index contributed by atoms with van der Waals surface area (Å²) >= 11 is 0. The summed E-state index contributed by atoms with van der Waals surface area (Å²) in [6.07, 6.45) is 2.25. The third-order valence-corrected chi connectivity index (χ3v) is 4.46. The molecule has 1 aliphatic rings. The molecular weight excluding hydrogens is 318 g/mol. The number of hydrogen-bond acceptors (Lipinski definition) is 5. The van der Waals surface area contributed by atoms with Crippen molar-refractivity contribution >= 4 is 5.97 Å². The van der Waals surface area contributed by atoms with E-state index in [1.807, 2.05) is 50.2 Å². The van der Waals surface area contributed by atoms with Crippen LogP contribution in [0.5, 0.6) is 0 Å². The van der Waals surface area contributed by atoms with Gasteiger partial charge in [-0.25, -0.2) is 9.48 Å². The van der Waals surface area contributed by atoms with Gasteiger partial charge in [-0.1, -0.05) is 23.4 Å². The third kappa shape index (κ3) is 3.07. The number of rotatable bonds is 5. The second kappa shape index (κ2) is 6.20. The van der Waals surface area contributed by atoms with E-state index in [-0.39, 0.29) is 6.61 Å². The van der Waals surface area contributed by atoms with Crippen LogP contribution in [0, 0.1) is 13.8 Å². The van der Waals surface area contributed by atoms with E-state index in [4.69, 9.17) is 9.26 Å². The van der Waals surface area contributed by atoms with Crippen molar-refractivity contribution in [3.8, 4) is 5.69 Å². The van der Waals surface area contributed by atoms with E-state index in [1.165, 1.54) is 0 Å². The molecule has 0 amide bonds. The Balaban J connectivity index is 1.61. The van der Waals surface area contributed by atoms with Crippen LogP contribution in [-0.2, 0) is 11.3 Å². The SMILES string of the molecule is Cc1noc(C)c1COC(=O)c1cc(C2CC2)nn1-c1ccccc1. The average molecular weight is 337 g/mol. The monoisotopic (exact) mass is 337 g/mol. The molecule has 25 heavy (non-hydrogen) atoms. The average Bonchev–Trinajstić information content (AvgIpc) is 3.30. The molecule has 1 aromatic carbocycles. The highest BCUT2D eigenvalue weighted by molar-refractivity contribution is 5.88.